The van der Waals surface area contributed by atoms with Crippen LogP contribution in [0.1, 0.15) is 35.7 Å². The molecule has 0 aromatic heterocycles. The van der Waals surface area contributed by atoms with Crippen LogP contribution >= 0.6 is 0 Å². The summed E-state index contributed by atoms with van der Waals surface area (Å²) in [6.45, 7) is 4.63. The lowest BCUT2D eigenvalue weighted by Gasteiger charge is -2.15. The summed E-state index contributed by atoms with van der Waals surface area (Å²) in [4.78, 5) is 11.0. The van der Waals surface area contributed by atoms with Gasteiger partial charge in [-0.2, -0.15) is 0 Å². The van der Waals surface area contributed by atoms with Gasteiger partial charge in [-0.3, -0.25) is 0 Å². The van der Waals surface area contributed by atoms with Crippen LogP contribution in [0, 0.1) is 6.92 Å². The molecule has 0 spiro atoms. The number of benzene rings is 1. The minimum atomic E-state index is -0.887. The fourth-order valence-electron chi connectivity index (χ4n) is 2.32. The maximum Gasteiger partial charge on any atom is 0.336 e. The molecule has 2 rings (SSSR count). The number of carboxylic acids is 1. The summed E-state index contributed by atoms with van der Waals surface area (Å²) in [7, 11) is 0. The summed E-state index contributed by atoms with van der Waals surface area (Å²) in [5, 5.41) is 12.3. The maximum absolute atomic E-state index is 11.0. The summed E-state index contributed by atoms with van der Waals surface area (Å²) >= 11 is 0. The van der Waals surface area contributed by atoms with Gasteiger partial charge in [0, 0.05) is 12.2 Å². The molecule has 0 radical (unpaired) electrons. The second kappa shape index (κ2) is 5.40. The first kappa shape index (κ1) is 12.9. The number of anilines is 1. The molecule has 1 heterocycles. The standard InChI is InChI=1S/C14H19NO3/c1-9-6-7-11(18-9)8-15-13-5-3-4-12(10(13)2)14(16)17/h3-5,9,11,15H,6-8H2,1-2H3,(H,16,17). The summed E-state index contributed by atoms with van der Waals surface area (Å²) < 4.78 is 5.72. The molecule has 2 N–H and O–H groups in total. The Hall–Kier alpha value is -1.55. The zero-order valence-electron chi connectivity index (χ0n) is 10.8. The van der Waals surface area contributed by atoms with E-state index in [1.165, 1.54) is 0 Å². The summed E-state index contributed by atoms with van der Waals surface area (Å²) in [5.74, 6) is -0.887. The molecule has 0 saturated carbocycles. The van der Waals surface area contributed by atoms with Crippen molar-refractivity contribution in [2.45, 2.75) is 38.9 Å². The highest BCUT2D eigenvalue weighted by Gasteiger charge is 2.21. The number of carbonyl (C=O) groups is 1. The number of nitrogens with one attached hydrogen (secondary N) is 1. The number of aromatic carboxylic acids is 1. The monoisotopic (exact) mass is 249 g/mol. The highest BCUT2D eigenvalue weighted by atomic mass is 16.5. The highest BCUT2D eigenvalue weighted by Crippen LogP contribution is 2.22. The third-order valence-electron chi connectivity index (χ3n) is 3.40. The van der Waals surface area contributed by atoms with E-state index in [0.717, 1.165) is 30.6 Å². The Kier molecular flexibility index (Phi) is 3.87. The van der Waals surface area contributed by atoms with E-state index in [1.54, 1.807) is 12.1 Å². The van der Waals surface area contributed by atoms with Gasteiger partial charge in [-0.25, -0.2) is 4.79 Å². The third-order valence-corrected chi connectivity index (χ3v) is 3.40. The topological polar surface area (TPSA) is 58.6 Å². The summed E-state index contributed by atoms with van der Waals surface area (Å²) in [6, 6.07) is 5.29. The van der Waals surface area contributed by atoms with Crippen LogP contribution in [0.3, 0.4) is 0 Å². The van der Waals surface area contributed by atoms with Crippen molar-refractivity contribution in [3.05, 3.63) is 29.3 Å². The lowest BCUT2D eigenvalue weighted by molar-refractivity contribution is 0.0637. The number of hydrogen-bond acceptors (Lipinski definition) is 3. The fraction of sp³-hybridized carbons (Fsp3) is 0.500. The van der Waals surface area contributed by atoms with Crippen molar-refractivity contribution in [1.29, 1.82) is 0 Å². The van der Waals surface area contributed by atoms with Crippen LogP contribution in [0.5, 0.6) is 0 Å². The molecule has 0 aliphatic carbocycles. The smallest absolute Gasteiger partial charge is 0.336 e. The molecule has 1 aliphatic rings. The third kappa shape index (κ3) is 2.82. The summed E-state index contributed by atoms with van der Waals surface area (Å²) in [6.07, 6.45) is 2.72. The lowest BCUT2D eigenvalue weighted by Crippen LogP contribution is -2.20. The van der Waals surface area contributed by atoms with E-state index in [2.05, 4.69) is 12.2 Å². The van der Waals surface area contributed by atoms with Crippen molar-refractivity contribution in [3.63, 3.8) is 0 Å². The first-order valence-electron chi connectivity index (χ1n) is 6.30. The first-order valence-corrected chi connectivity index (χ1v) is 6.30. The van der Waals surface area contributed by atoms with Crippen molar-refractivity contribution in [2.75, 3.05) is 11.9 Å². The average Bonchev–Trinajstić information content (AvgIpc) is 2.73. The van der Waals surface area contributed by atoms with Gasteiger partial charge in [-0.05, 0) is 44.4 Å². The van der Waals surface area contributed by atoms with E-state index in [9.17, 15) is 4.79 Å². The quantitative estimate of drug-likeness (QED) is 0.861. The van der Waals surface area contributed by atoms with E-state index in [1.807, 2.05) is 13.0 Å². The van der Waals surface area contributed by atoms with Gasteiger partial charge in [0.1, 0.15) is 0 Å². The lowest BCUT2D eigenvalue weighted by atomic mass is 10.1. The summed E-state index contributed by atoms with van der Waals surface area (Å²) in [5.41, 5.74) is 2.00. The zero-order valence-corrected chi connectivity index (χ0v) is 10.8. The van der Waals surface area contributed by atoms with Gasteiger partial charge in [0.25, 0.3) is 0 Å². The normalized spacial score (nSPS) is 23.0. The van der Waals surface area contributed by atoms with Gasteiger partial charge >= 0.3 is 5.97 Å². The van der Waals surface area contributed by atoms with E-state index in [4.69, 9.17) is 9.84 Å². The number of ether oxygens (including phenoxy) is 1. The number of hydrogen-bond donors (Lipinski definition) is 2. The molecular formula is C14H19NO3. The Balaban J connectivity index is 2.01. The molecule has 1 aromatic rings. The number of carboxylic acid groups (broad SMARTS) is 1. The second-order valence-corrected chi connectivity index (χ2v) is 4.81. The van der Waals surface area contributed by atoms with Gasteiger partial charge in [0.2, 0.25) is 0 Å². The van der Waals surface area contributed by atoms with Crippen molar-refractivity contribution >= 4 is 11.7 Å². The molecule has 1 aromatic carbocycles. The Labute approximate surface area is 107 Å². The minimum absolute atomic E-state index is 0.230. The molecule has 98 valence electrons. The largest absolute Gasteiger partial charge is 0.478 e. The van der Waals surface area contributed by atoms with E-state index in [-0.39, 0.29) is 6.10 Å². The van der Waals surface area contributed by atoms with Gasteiger partial charge in [-0.1, -0.05) is 6.07 Å². The van der Waals surface area contributed by atoms with Crippen LogP contribution in [-0.2, 0) is 4.74 Å². The van der Waals surface area contributed by atoms with Crippen molar-refractivity contribution in [2.24, 2.45) is 0 Å². The van der Waals surface area contributed by atoms with Crippen LogP contribution in [0.25, 0.3) is 0 Å². The van der Waals surface area contributed by atoms with Crippen LogP contribution in [0.4, 0.5) is 5.69 Å². The Bertz CT molecular complexity index is 445. The van der Waals surface area contributed by atoms with Gasteiger partial charge < -0.3 is 15.2 Å². The Morgan fingerprint density at radius 2 is 2.28 bits per heavy atom. The molecule has 2 unspecified atom stereocenters. The van der Waals surface area contributed by atoms with Crippen LogP contribution in [-0.4, -0.2) is 29.8 Å². The van der Waals surface area contributed by atoms with Crippen LogP contribution < -0.4 is 5.32 Å². The Morgan fingerprint density at radius 3 is 2.89 bits per heavy atom. The zero-order chi connectivity index (χ0) is 13.1. The first-order chi connectivity index (χ1) is 8.58. The molecule has 4 nitrogen and oxygen atoms in total. The van der Waals surface area contributed by atoms with Gasteiger partial charge in [0.15, 0.2) is 0 Å². The highest BCUT2D eigenvalue weighted by molar-refractivity contribution is 5.91. The van der Waals surface area contributed by atoms with E-state index in [0.29, 0.717) is 11.7 Å². The van der Waals surface area contributed by atoms with Crippen molar-refractivity contribution in [1.82, 2.24) is 0 Å². The Morgan fingerprint density at radius 1 is 1.50 bits per heavy atom. The maximum atomic E-state index is 11.0. The van der Waals surface area contributed by atoms with Gasteiger partial charge in [0.05, 0.1) is 17.8 Å². The van der Waals surface area contributed by atoms with Crippen molar-refractivity contribution in [3.8, 4) is 0 Å². The second-order valence-electron chi connectivity index (χ2n) is 4.81. The van der Waals surface area contributed by atoms with Gasteiger partial charge in [-0.15, -0.1) is 0 Å². The average molecular weight is 249 g/mol. The van der Waals surface area contributed by atoms with Crippen LogP contribution in [0.15, 0.2) is 18.2 Å². The molecule has 0 amide bonds. The number of rotatable bonds is 4. The molecule has 0 bridgehead atoms. The molecule has 4 heteroatoms. The van der Waals surface area contributed by atoms with Crippen LogP contribution in [0.2, 0.25) is 0 Å². The van der Waals surface area contributed by atoms with E-state index < -0.39 is 5.97 Å². The van der Waals surface area contributed by atoms with E-state index >= 15 is 0 Å². The molecule has 1 fully saturated rings. The fourth-order valence-corrected chi connectivity index (χ4v) is 2.32. The molecule has 18 heavy (non-hydrogen) atoms. The SMILES string of the molecule is Cc1c(NCC2CCC(C)O2)cccc1C(=O)O. The predicted octanol–water partition coefficient (Wildman–Crippen LogP) is 2.67. The molecule has 1 aliphatic heterocycles. The van der Waals surface area contributed by atoms with Crippen molar-refractivity contribution < 1.29 is 14.6 Å². The molecular weight excluding hydrogens is 230 g/mol. The molecule has 1 saturated heterocycles. The molecule has 2 atom stereocenters. The predicted molar refractivity (Wildman–Crippen MR) is 70.2 cm³/mol. The minimum Gasteiger partial charge on any atom is -0.478 e.